The van der Waals surface area contributed by atoms with Gasteiger partial charge in [-0.05, 0) is 6.42 Å². The molecule has 4 nitrogen and oxygen atoms in total. The van der Waals surface area contributed by atoms with Crippen LogP contribution in [0.1, 0.15) is 30.9 Å². The Hall–Kier alpha value is -2.24. The number of nitrogens with zero attached hydrogens (tertiary/aromatic N) is 1. The van der Waals surface area contributed by atoms with Crippen LogP contribution in [0.2, 0.25) is 0 Å². The number of aromatic nitrogens is 2. The summed E-state index contributed by atoms with van der Waals surface area (Å²) >= 11 is 0. The Kier molecular flexibility index (Phi) is 4.12. The molecule has 2 aromatic rings. The van der Waals surface area contributed by atoms with Crippen molar-refractivity contribution in [2.75, 3.05) is 0 Å². The molecule has 0 bridgehead atoms. The summed E-state index contributed by atoms with van der Waals surface area (Å²) in [6.45, 7) is 1.88. The molecule has 0 unspecified atom stereocenters. The zero-order chi connectivity index (χ0) is 14.7. The molecule has 1 heterocycles. The normalized spacial score (nSPS) is 11.0. The van der Waals surface area contributed by atoms with Gasteiger partial charge in [-0.1, -0.05) is 37.6 Å². The lowest BCUT2D eigenvalue weighted by molar-refractivity contribution is 0.151. The van der Waals surface area contributed by atoms with Crippen LogP contribution in [-0.4, -0.2) is 15.1 Å². The van der Waals surface area contributed by atoms with Crippen LogP contribution in [0.25, 0.3) is 11.4 Å². The standard InChI is InChI=1S/C14H14F2N2O2/c1-2-3-10-13(19)17-12(18-14(10)20)9-6-4-8(5-7-9)11(15)16/h4-7,11H,2-3H2,1H3,(H2,17,18,19,20). The highest BCUT2D eigenvalue weighted by Gasteiger charge is 2.12. The molecule has 106 valence electrons. The van der Waals surface area contributed by atoms with E-state index in [1.807, 2.05) is 6.92 Å². The number of hydrogen-bond acceptors (Lipinski definition) is 3. The van der Waals surface area contributed by atoms with Crippen molar-refractivity contribution in [2.45, 2.75) is 26.2 Å². The van der Waals surface area contributed by atoms with Crippen LogP contribution >= 0.6 is 0 Å². The monoisotopic (exact) mass is 280 g/mol. The van der Waals surface area contributed by atoms with E-state index >= 15 is 0 Å². The van der Waals surface area contributed by atoms with Crippen LogP contribution in [0.5, 0.6) is 5.88 Å². The number of nitrogens with one attached hydrogen (secondary N) is 1. The van der Waals surface area contributed by atoms with Crippen molar-refractivity contribution < 1.29 is 13.9 Å². The molecule has 2 N–H and O–H groups in total. The van der Waals surface area contributed by atoms with Crippen LogP contribution in [0.4, 0.5) is 8.78 Å². The maximum Gasteiger partial charge on any atom is 0.263 e. The maximum atomic E-state index is 12.5. The van der Waals surface area contributed by atoms with Crippen molar-refractivity contribution >= 4 is 0 Å². The predicted octanol–water partition coefficient (Wildman–Crippen LogP) is 3.03. The summed E-state index contributed by atoms with van der Waals surface area (Å²) in [5, 5.41) is 9.76. The molecule has 6 heteroatoms. The summed E-state index contributed by atoms with van der Waals surface area (Å²) in [7, 11) is 0. The molecule has 0 aliphatic rings. The van der Waals surface area contributed by atoms with Crippen LogP contribution < -0.4 is 5.56 Å². The molecule has 0 fully saturated rings. The molecule has 0 atom stereocenters. The second kappa shape index (κ2) is 5.81. The van der Waals surface area contributed by atoms with Gasteiger partial charge in [0.15, 0.2) is 0 Å². The van der Waals surface area contributed by atoms with E-state index in [0.717, 1.165) is 0 Å². The molecule has 0 spiro atoms. The topological polar surface area (TPSA) is 66.0 Å². The van der Waals surface area contributed by atoms with E-state index in [4.69, 9.17) is 0 Å². The number of aromatic amines is 1. The van der Waals surface area contributed by atoms with Gasteiger partial charge < -0.3 is 10.1 Å². The molecule has 20 heavy (non-hydrogen) atoms. The first kappa shape index (κ1) is 14.2. The Labute approximate surface area is 114 Å². The van der Waals surface area contributed by atoms with Gasteiger partial charge >= 0.3 is 0 Å². The summed E-state index contributed by atoms with van der Waals surface area (Å²) in [5.74, 6) is -0.156. The molecule has 0 amide bonds. The number of hydrogen-bond donors (Lipinski definition) is 2. The van der Waals surface area contributed by atoms with Crippen molar-refractivity contribution in [1.82, 2.24) is 9.97 Å². The Morgan fingerprint density at radius 3 is 2.45 bits per heavy atom. The summed E-state index contributed by atoms with van der Waals surface area (Å²) < 4.78 is 24.9. The van der Waals surface area contributed by atoms with Crippen LogP contribution in [0.15, 0.2) is 29.1 Å². The highest BCUT2D eigenvalue weighted by molar-refractivity contribution is 5.56. The van der Waals surface area contributed by atoms with Gasteiger partial charge in [-0.15, -0.1) is 0 Å². The maximum absolute atomic E-state index is 12.5. The first-order chi connectivity index (χ1) is 9.52. The minimum atomic E-state index is -2.55. The van der Waals surface area contributed by atoms with Crippen molar-refractivity contribution in [3.63, 3.8) is 0 Å². The summed E-state index contributed by atoms with van der Waals surface area (Å²) in [4.78, 5) is 18.3. The predicted molar refractivity (Wildman–Crippen MR) is 70.9 cm³/mol. The summed E-state index contributed by atoms with van der Waals surface area (Å²) in [5.41, 5.74) is 0.181. The molecule has 1 aromatic heterocycles. The van der Waals surface area contributed by atoms with Gasteiger partial charge in [0.25, 0.3) is 12.0 Å². The average Bonchev–Trinajstić information content (AvgIpc) is 2.42. The lowest BCUT2D eigenvalue weighted by Gasteiger charge is -2.06. The van der Waals surface area contributed by atoms with E-state index in [1.54, 1.807) is 0 Å². The molecule has 0 aliphatic heterocycles. The van der Waals surface area contributed by atoms with Gasteiger partial charge in [0.05, 0.1) is 5.56 Å². The van der Waals surface area contributed by atoms with Gasteiger partial charge in [-0.3, -0.25) is 4.79 Å². The van der Waals surface area contributed by atoms with Gasteiger partial charge in [0.1, 0.15) is 5.82 Å². The van der Waals surface area contributed by atoms with Crippen LogP contribution in [-0.2, 0) is 6.42 Å². The zero-order valence-electron chi connectivity index (χ0n) is 10.9. The Balaban J connectivity index is 2.41. The fourth-order valence-corrected chi connectivity index (χ4v) is 1.88. The third-order valence-corrected chi connectivity index (χ3v) is 2.93. The van der Waals surface area contributed by atoms with E-state index in [9.17, 15) is 18.7 Å². The van der Waals surface area contributed by atoms with Crippen molar-refractivity contribution in [3.05, 3.63) is 45.7 Å². The molecule has 0 radical (unpaired) electrons. The van der Waals surface area contributed by atoms with Crippen molar-refractivity contribution in [1.29, 1.82) is 0 Å². The highest BCUT2D eigenvalue weighted by Crippen LogP contribution is 2.23. The lowest BCUT2D eigenvalue weighted by atomic mass is 10.1. The van der Waals surface area contributed by atoms with Gasteiger partial charge in [-0.25, -0.2) is 8.78 Å². The average molecular weight is 280 g/mol. The smallest absolute Gasteiger partial charge is 0.263 e. The molecule has 2 rings (SSSR count). The number of aromatic hydroxyl groups is 1. The number of H-pyrrole nitrogens is 1. The van der Waals surface area contributed by atoms with E-state index in [0.29, 0.717) is 18.4 Å². The number of halogens is 2. The Bertz CT molecular complexity index is 651. The molecule has 0 aliphatic carbocycles. The van der Waals surface area contributed by atoms with E-state index < -0.39 is 12.0 Å². The summed E-state index contributed by atoms with van der Waals surface area (Å²) in [6.07, 6.45) is -1.41. The Morgan fingerprint density at radius 1 is 1.30 bits per heavy atom. The highest BCUT2D eigenvalue weighted by atomic mass is 19.3. The van der Waals surface area contributed by atoms with E-state index in [2.05, 4.69) is 9.97 Å². The number of alkyl halides is 2. The fraction of sp³-hybridized carbons (Fsp3) is 0.286. The largest absolute Gasteiger partial charge is 0.493 e. The van der Waals surface area contributed by atoms with Crippen LogP contribution in [0.3, 0.4) is 0 Å². The quantitative estimate of drug-likeness (QED) is 0.904. The fourth-order valence-electron chi connectivity index (χ4n) is 1.88. The lowest BCUT2D eigenvalue weighted by Crippen LogP contribution is -2.15. The molecular weight excluding hydrogens is 266 g/mol. The molecule has 0 saturated heterocycles. The number of rotatable bonds is 4. The first-order valence-corrected chi connectivity index (χ1v) is 6.23. The van der Waals surface area contributed by atoms with Gasteiger partial charge in [0.2, 0.25) is 5.88 Å². The van der Waals surface area contributed by atoms with Gasteiger partial charge in [0, 0.05) is 11.1 Å². The van der Waals surface area contributed by atoms with Crippen molar-refractivity contribution in [2.24, 2.45) is 0 Å². The third-order valence-electron chi connectivity index (χ3n) is 2.93. The Morgan fingerprint density at radius 2 is 1.95 bits per heavy atom. The first-order valence-electron chi connectivity index (χ1n) is 6.23. The second-order valence-corrected chi connectivity index (χ2v) is 4.39. The SMILES string of the molecule is CCCc1c(O)nc(-c2ccc(C(F)F)cc2)[nH]c1=O. The van der Waals surface area contributed by atoms with Gasteiger partial charge in [-0.2, -0.15) is 4.98 Å². The minimum absolute atomic E-state index is 0.108. The molecule has 1 aromatic carbocycles. The molecular formula is C14H14F2N2O2. The number of benzene rings is 1. The zero-order valence-corrected chi connectivity index (χ0v) is 10.9. The van der Waals surface area contributed by atoms with E-state index in [1.165, 1.54) is 24.3 Å². The third kappa shape index (κ3) is 2.84. The van der Waals surface area contributed by atoms with E-state index in [-0.39, 0.29) is 22.8 Å². The molecule has 0 saturated carbocycles. The van der Waals surface area contributed by atoms with Crippen molar-refractivity contribution in [3.8, 4) is 17.3 Å². The second-order valence-electron chi connectivity index (χ2n) is 4.39. The minimum Gasteiger partial charge on any atom is -0.493 e. The summed E-state index contributed by atoms with van der Waals surface area (Å²) in [6, 6.07) is 5.38. The van der Waals surface area contributed by atoms with Crippen LogP contribution in [0, 0.1) is 0 Å².